The Labute approximate surface area is 200 Å². The van der Waals surface area contributed by atoms with Gasteiger partial charge in [0.25, 0.3) is 0 Å². The van der Waals surface area contributed by atoms with Crippen molar-refractivity contribution in [1.82, 2.24) is 19.8 Å². The summed E-state index contributed by atoms with van der Waals surface area (Å²) in [5.41, 5.74) is 1.20. The molecule has 0 saturated carbocycles. The Bertz CT molecular complexity index is 1120. The fourth-order valence-corrected chi connectivity index (χ4v) is 5.28. The van der Waals surface area contributed by atoms with Crippen LogP contribution in [-0.2, 0) is 40.4 Å². The van der Waals surface area contributed by atoms with Crippen LogP contribution < -0.4 is 5.32 Å². The van der Waals surface area contributed by atoms with Crippen LogP contribution >= 0.6 is 0 Å². The van der Waals surface area contributed by atoms with Crippen LogP contribution in [0.5, 0.6) is 0 Å². The molecule has 3 heterocycles. The van der Waals surface area contributed by atoms with Crippen molar-refractivity contribution >= 4 is 16.9 Å². The van der Waals surface area contributed by atoms with Gasteiger partial charge < -0.3 is 19.4 Å². The van der Waals surface area contributed by atoms with E-state index in [0.717, 1.165) is 29.6 Å². The average Bonchev–Trinajstić information content (AvgIpc) is 3.28. The number of amides is 1. The van der Waals surface area contributed by atoms with Gasteiger partial charge in [0.1, 0.15) is 23.3 Å². The molecule has 8 nitrogen and oxygen atoms in total. The van der Waals surface area contributed by atoms with Crippen LogP contribution in [0.1, 0.15) is 50.2 Å². The van der Waals surface area contributed by atoms with Crippen LogP contribution in [0.25, 0.3) is 0 Å². The van der Waals surface area contributed by atoms with Gasteiger partial charge in [0.2, 0.25) is 0 Å². The molecule has 1 saturated heterocycles. The van der Waals surface area contributed by atoms with Crippen molar-refractivity contribution in [2.24, 2.45) is 7.05 Å². The number of rotatable bonds is 4. The number of aromatic nitrogens is 2. The summed E-state index contributed by atoms with van der Waals surface area (Å²) in [4.78, 5) is 19.2. The third-order valence-corrected chi connectivity index (χ3v) is 6.94. The van der Waals surface area contributed by atoms with Gasteiger partial charge in [-0.3, -0.25) is 9.11 Å². The molecule has 0 aliphatic carbocycles. The number of nitrogens with one attached hydrogen (secondary N) is 1. The Balaban J connectivity index is 1.54. The fraction of sp³-hybridized carbons (Fsp3) is 0.565. The first-order valence-electron chi connectivity index (χ1n) is 11.1. The lowest BCUT2D eigenvalue weighted by Gasteiger charge is -2.40. The zero-order valence-corrected chi connectivity index (χ0v) is 20.7. The number of fused-ring (bicyclic) bond motifs is 1. The van der Waals surface area contributed by atoms with Gasteiger partial charge in [0.05, 0.1) is 34.8 Å². The minimum atomic E-state index is -1.18. The van der Waals surface area contributed by atoms with Crippen molar-refractivity contribution < 1.29 is 27.3 Å². The maximum Gasteiger partial charge on any atom is 0.407 e. The second kappa shape index (κ2) is 9.35. The molecule has 1 fully saturated rings. The third kappa shape index (κ3) is 5.16. The minimum Gasteiger partial charge on any atom is -0.444 e. The molecule has 4 rings (SSSR count). The SMILES string of the molecule is Cn1c(S(C)=O)nc2c1CN([C@H]1CO[C@H](c3cc(F)ccc3F)[C@@H](NC(=O)OC(C)(C)C)C1)C2. The first-order chi connectivity index (χ1) is 15.9. The van der Waals surface area contributed by atoms with E-state index in [1.807, 2.05) is 11.6 Å². The Morgan fingerprint density at radius 1 is 1.29 bits per heavy atom. The van der Waals surface area contributed by atoms with E-state index in [0.29, 0.717) is 24.7 Å². The molecule has 186 valence electrons. The molecule has 1 unspecified atom stereocenters. The van der Waals surface area contributed by atoms with E-state index < -0.39 is 46.3 Å². The van der Waals surface area contributed by atoms with Crippen LogP contribution in [0.3, 0.4) is 0 Å². The molecule has 34 heavy (non-hydrogen) atoms. The maximum atomic E-state index is 14.6. The van der Waals surface area contributed by atoms with Crippen LogP contribution in [0, 0.1) is 11.6 Å². The van der Waals surface area contributed by atoms with Gasteiger partial charge in [-0.05, 0) is 45.4 Å². The topological polar surface area (TPSA) is 85.7 Å². The van der Waals surface area contributed by atoms with E-state index in [9.17, 15) is 17.8 Å². The third-order valence-electron chi connectivity index (χ3n) is 6.06. The normalized spacial score (nSPS) is 24.0. The Morgan fingerprint density at radius 3 is 2.68 bits per heavy atom. The van der Waals surface area contributed by atoms with Crippen molar-refractivity contribution in [2.45, 2.75) is 69.2 Å². The fourth-order valence-electron chi connectivity index (χ4n) is 4.55. The molecule has 1 amide bonds. The highest BCUT2D eigenvalue weighted by molar-refractivity contribution is 7.84. The van der Waals surface area contributed by atoms with Crippen molar-refractivity contribution in [3.05, 3.63) is 46.8 Å². The van der Waals surface area contributed by atoms with Crippen LogP contribution in [0.15, 0.2) is 23.4 Å². The number of alkyl carbamates (subject to hydrolysis) is 1. The molecule has 2 aliphatic heterocycles. The largest absolute Gasteiger partial charge is 0.444 e. The number of nitrogens with zero attached hydrogens (tertiary/aromatic N) is 3. The molecular weight excluding hydrogens is 466 g/mol. The molecule has 1 aromatic carbocycles. The average molecular weight is 497 g/mol. The van der Waals surface area contributed by atoms with Gasteiger partial charge >= 0.3 is 6.09 Å². The monoisotopic (exact) mass is 496 g/mol. The number of halogens is 2. The van der Waals surface area contributed by atoms with E-state index in [2.05, 4.69) is 15.2 Å². The number of benzene rings is 1. The molecule has 2 aromatic rings. The van der Waals surface area contributed by atoms with Gasteiger partial charge in [0, 0.05) is 38.0 Å². The van der Waals surface area contributed by atoms with Gasteiger partial charge in [-0.1, -0.05) is 0 Å². The van der Waals surface area contributed by atoms with Crippen molar-refractivity contribution in [2.75, 3.05) is 12.9 Å². The number of carbonyl (C=O) groups excluding carboxylic acids is 1. The maximum absolute atomic E-state index is 14.6. The van der Waals surface area contributed by atoms with E-state index in [1.165, 1.54) is 0 Å². The summed E-state index contributed by atoms with van der Waals surface area (Å²) in [6.45, 7) is 6.66. The van der Waals surface area contributed by atoms with Gasteiger partial charge in [-0.2, -0.15) is 0 Å². The van der Waals surface area contributed by atoms with Crippen molar-refractivity contribution in [3.8, 4) is 0 Å². The lowest BCUT2D eigenvalue weighted by Crippen LogP contribution is -2.52. The van der Waals surface area contributed by atoms with Crippen LogP contribution in [0.4, 0.5) is 13.6 Å². The zero-order chi connectivity index (χ0) is 24.8. The molecule has 2 aliphatic rings. The predicted molar refractivity (Wildman–Crippen MR) is 121 cm³/mol. The van der Waals surface area contributed by atoms with Crippen LogP contribution in [0.2, 0.25) is 0 Å². The number of hydrogen-bond acceptors (Lipinski definition) is 6. The summed E-state index contributed by atoms with van der Waals surface area (Å²) in [6.07, 6.45) is 0.533. The summed E-state index contributed by atoms with van der Waals surface area (Å²) >= 11 is 0. The predicted octanol–water partition coefficient (Wildman–Crippen LogP) is 3.17. The lowest BCUT2D eigenvalue weighted by molar-refractivity contribution is -0.0631. The van der Waals surface area contributed by atoms with Gasteiger partial charge in [-0.25, -0.2) is 18.6 Å². The molecule has 11 heteroatoms. The molecule has 1 aromatic heterocycles. The van der Waals surface area contributed by atoms with E-state index in [1.54, 1.807) is 27.0 Å². The Morgan fingerprint density at radius 2 is 2.03 bits per heavy atom. The molecular formula is C23H30F2N4O4S. The highest BCUT2D eigenvalue weighted by Crippen LogP contribution is 2.35. The van der Waals surface area contributed by atoms with Crippen LogP contribution in [-0.4, -0.2) is 55.3 Å². The summed E-state index contributed by atoms with van der Waals surface area (Å²) < 4.78 is 53.7. The summed E-state index contributed by atoms with van der Waals surface area (Å²) in [7, 11) is 0.663. The molecule has 0 radical (unpaired) electrons. The highest BCUT2D eigenvalue weighted by atomic mass is 32.2. The number of hydrogen-bond donors (Lipinski definition) is 1. The zero-order valence-electron chi connectivity index (χ0n) is 19.9. The van der Waals surface area contributed by atoms with E-state index in [4.69, 9.17) is 9.47 Å². The first-order valence-corrected chi connectivity index (χ1v) is 12.7. The minimum absolute atomic E-state index is 0.0564. The highest BCUT2D eigenvalue weighted by Gasteiger charge is 2.40. The Kier molecular flexibility index (Phi) is 6.80. The summed E-state index contributed by atoms with van der Waals surface area (Å²) in [5.74, 6) is -1.18. The van der Waals surface area contributed by atoms with E-state index >= 15 is 0 Å². The number of carbonyl (C=O) groups is 1. The smallest absolute Gasteiger partial charge is 0.407 e. The van der Waals surface area contributed by atoms with Crippen molar-refractivity contribution in [1.29, 1.82) is 0 Å². The second-order valence-electron chi connectivity index (χ2n) is 9.77. The number of ether oxygens (including phenoxy) is 2. The molecule has 4 atom stereocenters. The second-order valence-corrected chi connectivity index (χ2v) is 11.0. The molecule has 0 bridgehead atoms. The van der Waals surface area contributed by atoms with Gasteiger partial charge in [0.15, 0.2) is 5.16 Å². The Hall–Kier alpha value is -2.37. The summed E-state index contributed by atoms with van der Waals surface area (Å²) in [6, 6.07) is 2.47. The number of imidazole rings is 1. The van der Waals surface area contributed by atoms with E-state index in [-0.39, 0.29) is 18.2 Å². The first kappa shape index (κ1) is 24.7. The lowest BCUT2D eigenvalue weighted by atomic mass is 9.92. The van der Waals surface area contributed by atoms with Gasteiger partial charge in [-0.15, -0.1) is 0 Å². The summed E-state index contributed by atoms with van der Waals surface area (Å²) in [5, 5.41) is 3.35. The molecule has 1 N–H and O–H groups in total. The quantitative estimate of drug-likeness (QED) is 0.700. The van der Waals surface area contributed by atoms with Crippen molar-refractivity contribution in [3.63, 3.8) is 0 Å². The standard InChI is InChI=1S/C23H30F2N4O4S/c1-23(2,3)33-22(30)27-17-9-14(12-32-20(17)15-8-13(24)6-7-16(15)25)29-10-18-19(11-29)28(4)21(26-18)34(5)31/h6-8,14,17,20H,9-12H2,1-5H3,(H,27,30)/t14-,17+,20-,34?/m1/s1. The molecule has 0 spiro atoms.